The van der Waals surface area contributed by atoms with E-state index in [1.807, 2.05) is 31.2 Å². The molecule has 3 heterocycles. The van der Waals surface area contributed by atoms with Crippen LogP contribution < -0.4 is 10.9 Å². The average molecular weight is 410 g/mol. The zero-order valence-electron chi connectivity index (χ0n) is 16.3. The molecule has 0 saturated carbocycles. The van der Waals surface area contributed by atoms with Gasteiger partial charge in [-0.2, -0.15) is 0 Å². The second-order valence-electron chi connectivity index (χ2n) is 7.15. The number of nitrogens with one attached hydrogen (secondary N) is 1. The molecule has 29 heavy (non-hydrogen) atoms. The fraction of sp³-hybridized carbons (Fsp3) is 0.333. The van der Waals surface area contributed by atoms with E-state index in [1.165, 1.54) is 11.3 Å². The molecule has 1 aliphatic heterocycles. The van der Waals surface area contributed by atoms with Crippen molar-refractivity contribution in [1.82, 2.24) is 14.8 Å². The maximum absolute atomic E-state index is 12.9. The first kappa shape index (κ1) is 19.5. The average Bonchev–Trinajstić information content (AvgIpc) is 3.37. The van der Waals surface area contributed by atoms with Crippen LogP contribution in [0.4, 0.5) is 5.13 Å². The minimum atomic E-state index is -0.471. The first-order valence-electron chi connectivity index (χ1n) is 9.55. The molecule has 0 bridgehead atoms. The molecule has 4 rings (SSSR count). The first-order chi connectivity index (χ1) is 14.0. The maximum Gasteiger partial charge on any atom is 0.263 e. The third kappa shape index (κ3) is 4.13. The highest BCUT2D eigenvalue weighted by atomic mass is 32.1. The Morgan fingerprint density at radius 3 is 2.83 bits per heavy atom. The standard InChI is InChI=1S/C21H22N4O3S/c1-13-6-3-4-8-16(13)19-23-24-21(29-19)22-18(26)17-14(2)9-10-25(20(17)27)12-15-7-5-11-28-15/h3-4,6,8-10,15H,5,7,11-12H2,1-2H3,(H,22,24,26). The SMILES string of the molecule is Cc1ccccc1-c1nnc(NC(=O)c2c(C)ccn(CC3CCCO3)c2=O)s1. The van der Waals surface area contributed by atoms with Gasteiger partial charge in [0.25, 0.3) is 11.5 Å². The lowest BCUT2D eigenvalue weighted by Crippen LogP contribution is -2.32. The second kappa shape index (κ2) is 8.26. The molecule has 0 aliphatic carbocycles. The van der Waals surface area contributed by atoms with Crippen molar-refractivity contribution in [3.05, 3.63) is 63.6 Å². The molecule has 0 spiro atoms. The largest absolute Gasteiger partial charge is 0.376 e. The second-order valence-corrected chi connectivity index (χ2v) is 8.13. The Morgan fingerprint density at radius 1 is 1.24 bits per heavy atom. The lowest BCUT2D eigenvalue weighted by atomic mass is 10.1. The van der Waals surface area contributed by atoms with Gasteiger partial charge in [-0.1, -0.05) is 35.6 Å². The van der Waals surface area contributed by atoms with Crippen molar-refractivity contribution >= 4 is 22.4 Å². The molecule has 1 amide bonds. The number of benzene rings is 1. The van der Waals surface area contributed by atoms with E-state index in [9.17, 15) is 9.59 Å². The summed E-state index contributed by atoms with van der Waals surface area (Å²) in [7, 11) is 0. The van der Waals surface area contributed by atoms with E-state index in [0.717, 1.165) is 35.6 Å². The predicted molar refractivity (Wildman–Crippen MR) is 112 cm³/mol. The fourth-order valence-corrected chi connectivity index (χ4v) is 4.28. The van der Waals surface area contributed by atoms with Gasteiger partial charge in [0, 0.05) is 18.4 Å². The number of pyridine rings is 1. The molecule has 150 valence electrons. The van der Waals surface area contributed by atoms with Crippen molar-refractivity contribution in [2.24, 2.45) is 0 Å². The molecule has 3 aromatic rings. The van der Waals surface area contributed by atoms with Crippen LogP contribution in [0.5, 0.6) is 0 Å². The highest BCUT2D eigenvalue weighted by molar-refractivity contribution is 7.18. The zero-order valence-corrected chi connectivity index (χ0v) is 17.2. The van der Waals surface area contributed by atoms with E-state index in [1.54, 1.807) is 23.8 Å². The van der Waals surface area contributed by atoms with E-state index >= 15 is 0 Å². The maximum atomic E-state index is 12.9. The summed E-state index contributed by atoms with van der Waals surface area (Å²) in [5.41, 5.74) is 2.48. The quantitative estimate of drug-likeness (QED) is 0.697. The van der Waals surface area contributed by atoms with Gasteiger partial charge in [-0.15, -0.1) is 10.2 Å². The number of aromatic nitrogens is 3. The minimum absolute atomic E-state index is 0.0196. The molecular formula is C21H22N4O3S. The summed E-state index contributed by atoms with van der Waals surface area (Å²) in [6.07, 6.45) is 3.66. The van der Waals surface area contributed by atoms with Gasteiger partial charge in [-0.25, -0.2) is 0 Å². The Morgan fingerprint density at radius 2 is 2.07 bits per heavy atom. The molecule has 1 atom stereocenters. The van der Waals surface area contributed by atoms with Gasteiger partial charge in [-0.3, -0.25) is 14.9 Å². The van der Waals surface area contributed by atoms with Gasteiger partial charge < -0.3 is 9.30 Å². The normalized spacial score (nSPS) is 16.1. The third-order valence-corrected chi connectivity index (χ3v) is 5.92. The van der Waals surface area contributed by atoms with E-state index < -0.39 is 5.91 Å². The van der Waals surface area contributed by atoms with Gasteiger partial charge >= 0.3 is 0 Å². The monoisotopic (exact) mass is 410 g/mol. The van der Waals surface area contributed by atoms with Crippen LogP contribution in [-0.4, -0.2) is 33.4 Å². The number of carbonyl (C=O) groups excluding carboxylic acids is 1. The van der Waals surface area contributed by atoms with Crippen molar-refractivity contribution in [3.63, 3.8) is 0 Å². The van der Waals surface area contributed by atoms with Gasteiger partial charge in [0.1, 0.15) is 10.6 Å². The fourth-order valence-electron chi connectivity index (χ4n) is 3.45. The number of aryl methyl sites for hydroxylation is 2. The lowest BCUT2D eigenvalue weighted by molar-refractivity contribution is 0.0952. The highest BCUT2D eigenvalue weighted by Gasteiger charge is 2.21. The van der Waals surface area contributed by atoms with Crippen LogP contribution in [0.15, 0.2) is 41.3 Å². The van der Waals surface area contributed by atoms with Crippen molar-refractivity contribution in [2.45, 2.75) is 39.3 Å². The lowest BCUT2D eigenvalue weighted by Gasteiger charge is -2.14. The Balaban J connectivity index is 1.56. The van der Waals surface area contributed by atoms with Gasteiger partial charge in [-0.05, 0) is 43.9 Å². The molecule has 1 N–H and O–H groups in total. The minimum Gasteiger partial charge on any atom is -0.376 e. The summed E-state index contributed by atoms with van der Waals surface area (Å²) in [6.45, 7) is 4.93. The number of rotatable bonds is 5. The zero-order chi connectivity index (χ0) is 20.4. The van der Waals surface area contributed by atoms with Gasteiger partial charge in [0.2, 0.25) is 5.13 Å². The molecular weight excluding hydrogens is 388 g/mol. The summed E-state index contributed by atoms with van der Waals surface area (Å²) < 4.78 is 7.17. The molecule has 7 nitrogen and oxygen atoms in total. The van der Waals surface area contributed by atoms with Crippen molar-refractivity contribution in [1.29, 1.82) is 0 Å². The topological polar surface area (TPSA) is 86.1 Å². The van der Waals surface area contributed by atoms with Crippen molar-refractivity contribution < 1.29 is 9.53 Å². The number of hydrogen-bond donors (Lipinski definition) is 1. The molecule has 1 fully saturated rings. The van der Waals surface area contributed by atoms with Crippen LogP contribution in [-0.2, 0) is 11.3 Å². The number of ether oxygens (including phenoxy) is 1. The summed E-state index contributed by atoms with van der Waals surface area (Å²) in [4.78, 5) is 25.7. The number of carbonyl (C=O) groups is 1. The number of amides is 1. The molecule has 1 aliphatic rings. The molecule has 1 aromatic carbocycles. The predicted octanol–water partition coefficient (Wildman–Crippen LogP) is 3.41. The van der Waals surface area contributed by atoms with Crippen molar-refractivity contribution in [2.75, 3.05) is 11.9 Å². The van der Waals surface area contributed by atoms with E-state index in [0.29, 0.717) is 17.2 Å². The van der Waals surface area contributed by atoms with Crippen LogP contribution >= 0.6 is 11.3 Å². The number of nitrogens with zero attached hydrogens (tertiary/aromatic N) is 3. The van der Waals surface area contributed by atoms with Gasteiger partial charge in [0.05, 0.1) is 12.6 Å². The summed E-state index contributed by atoms with van der Waals surface area (Å²) >= 11 is 1.28. The number of hydrogen-bond acceptors (Lipinski definition) is 6. The number of anilines is 1. The Labute approximate surface area is 172 Å². The smallest absolute Gasteiger partial charge is 0.263 e. The molecule has 1 unspecified atom stereocenters. The summed E-state index contributed by atoms with van der Waals surface area (Å²) in [5.74, 6) is -0.471. The molecule has 2 aromatic heterocycles. The molecule has 8 heteroatoms. The highest BCUT2D eigenvalue weighted by Crippen LogP contribution is 2.28. The summed E-state index contributed by atoms with van der Waals surface area (Å²) in [5, 5.41) is 12.1. The van der Waals surface area contributed by atoms with Crippen molar-refractivity contribution in [3.8, 4) is 10.6 Å². The van der Waals surface area contributed by atoms with Crippen LogP contribution in [0.25, 0.3) is 10.6 Å². The first-order valence-corrected chi connectivity index (χ1v) is 10.4. The van der Waals surface area contributed by atoms with E-state index in [-0.39, 0.29) is 17.2 Å². The Bertz CT molecular complexity index is 1100. The van der Waals surface area contributed by atoms with E-state index in [4.69, 9.17) is 4.74 Å². The van der Waals surface area contributed by atoms with Crippen LogP contribution in [0.3, 0.4) is 0 Å². The Hall–Kier alpha value is -2.84. The van der Waals surface area contributed by atoms with Crippen LogP contribution in [0, 0.1) is 13.8 Å². The van der Waals surface area contributed by atoms with Crippen LogP contribution in [0.1, 0.15) is 34.3 Å². The Kier molecular flexibility index (Phi) is 5.55. The van der Waals surface area contributed by atoms with Gasteiger partial charge in [0.15, 0.2) is 0 Å². The van der Waals surface area contributed by atoms with Crippen LogP contribution in [0.2, 0.25) is 0 Å². The summed E-state index contributed by atoms with van der Waals surface area (Å²) in [6, 6.07) is 9.64. The molecule has 0 radical (unpaired) electrons. The molecule has 1 saturated heterocycles. The van der Waals surface area contributed by atoms with E-state index in [2.05, 4.69) is 15.5 Å². The third-order valence-electron chi connectivity index (χ3n) is 5.05.